The Labute approximate surface area is 151 Å². The van der Waals surface area contributed by atoms with Gasteiger partial charge in [-0.05, 0) is 53.4 Å². The van der Waals surface area contributed by atoms with E-state index in [0.29, 0.717) is 23.9 Å². The van der Waals surface area contributed by atoms with Gasteiger partial charge in [-0.15, -0.1) is 0 Å². The quantitative estimate of drug-likeness (QED) is 0.522. The lowest BCUT2D eigenvalue weighted by atomic mass is 10.2. The third kappa shape index (κ3) is 8.10. The van der Waals surface area contributed by atoms with E-state index >= 15 is 0 Å². The van der Waals surface area contributed by atoms with Crippen LogP contribution < -0.4 is 15.5 Å². The molecule has 0 spiro atoms. The van der Waals surface area contributed by atoms with Crippen LogP contribution in [-0.4, -0.2) is 30.7 Å². The number of amides is 2. The number of carbonyl (C=O) groups is 2. The Morgan fingerprint density at radius 2 is 2.00 bits per heavy atom. The van der Waals surface area contributed by atoms with Crippen molar-refractivity contribution in [2.45, 2.75) is 34.1 Å². The smallest absolute Gasteiger partial charge is 0.277 e. The summed E-state index contributed by atoms with van der Waals surface area (Å²) in [5.41, 5.74) is 4.00. The molecule has 0 aromatic heterocycles. The van der Waals surface area contributed by atoms with E-state index < -0.39 is 0 Å². The average Bonchev–Trinajstić information content (AvgIpc) is 2.50. The molecule has 0 fully saturated rings. The summed E-state index contributed by atoms with van der Waals surface area (Å²) in [6, 6.07) is 5.60. The molecular weight excluding hydrogens is 374 g/mol. The highest BCUT2D eigenvalue weighted by atomic mass is 79.9. The lowest BCUT2D eigenvalue weighted by Crippen LogP contribution is -2.30. The van der Waals surface area contributed by atoms with Gasteiger partial charge in [-0.3, -0.25) is 9.59 Å². The van der Waals surface area contributed by atoms with E-state index in [4.69, 9.17) is 4.74 Å². The van der Waals surface area contributed by atoms with Crippen LogP contribution in [0.3, 0.4) is 0 Å². The van der Waals surface area contributed by atoms with Crippen LogP contribution in [0.25, 0.3) is 0 Å². The van der Waals surface area contributed by atoms with Gasteiger partial charge in [0.1, 0.15) is 5.75 Å². The number of rotatable bonds is 8. The summed E-state index contributed by atoms with van der Waals surface area (Å²) in [6.45, 7) is 8.17. The predicted molar refractivity (Wildman–Crippen MR) is 98.1 cm³/mol. The number of hydrogen-bond acceptors (Lipinski definition) is 4. The highest BCUT2D eigenvalue weighted by Crippen LogP contribution is 2.25. The highest BCUT2D eigenvalue weighted by molar-refractivity contribution is 9.10. The second-order valence-electron chi connectivity index (χ2n) is 5.98. The Bertz CT molecular complexity index is 615. The van der Waals surface area contributed by atoms with Crippen molar-refractivity contribution in [2.75, 3.05) is 13.2 Å². The SMILES string of the molecule is C/C(CC(=O)NCC(C)C)=N/NC(=O)COc1ccc(C)cc1Br. The molecule has 24 heavy (non-hydrogen) atoms. The van der Waals surface area contributed by atoms with Crippen molar-refractivity contribution >= 4 is 33.5 Å². The molecule has 0 unspecified atom stereocenters. The first kappa shape index (κ1) is 20.2. The van der Waals surface area contributed by atoms with Crippen LogP contribution in [0.4, 0.5) is 0 Å². The molecule has 1 aromatic carbocycles. The Kier molecular flexibility index (Phi) is 8.46. The molecule has 132 valence electrons. The molecule has 0 atom stereocenters. The largest absolute Gasteiger partial charge is 0.483 e. The zero-order chi connectivity index (χ0) is 18.1. The molecule has 2 amide bonds. The molecule has 0 aliphatic rings. The number of hydrogen-bond donors (Lipinski definition) is 2. The van der Waals surface area contributed by atoms with Gasteiger partial charge < -0.3 is 10.1 Å². The second kappa shape index (κ2) is 10.1. The average molecular weight is 398 g/mol. The van der Waals surface area contributed by atoms with Crippen molar-refractivity contribution in [1.82, 2.24) is 10.7 Å². The zero-order valence-electron chi connectivity index (χ0n) is 14.5. The number of nitrogens with one attached hydrogen (secondary N) is 2. The monoisotopic (exact) mass is 397 g/mol. The van der Waals surface area contributed by atoms with E-state index in [9.17, 15) is 9.59 Å². The minimum Gasteiger partial charge on any atom is -0.483 e. The van der Waals surface area contributed by atoms with Crippen molar-refractivity contribution in [1.29, 1.82) is 0 Å². The van der Waals surface area contributed by atoms with Crippen LogP contribution in [0.15, 0.2) is 27.8 Å². The van der Waals surface area contributed by atoms with Crippen molar-refractivity contribution in [3.05, 3.63) is 28.2 Å². The van der Waals surface area contributed by atoms with Gasteiger partial charge in [-0.25, -0.2) is 5.43 Å². The number of nitrogens with zero attached hydrogens (tertiary/aromatic N) is 1. The molecule has 2 N–H and O–H groups in total. The number of ether oxygens (including phenoxy) is 1. The molecule has 0 saturated heterocycles. The van der Waals surface area contributed by atoms with E-state index in [1.54, 1.807) is 13.0 Å². The van der Waals surface area contributed by atoms with E-state index in [1.807, 2.05) is 32.9 Å². The molecule has 0 saturated carbocycles. The van der Waals surface area contributed by atoms with Gasteiger partial charge in [0.2, 0.25) is 5.91 Å². The second-order valence-corrected chi connectivity index (χ2v) is 6.83. The normalized spacial score (nSPS) is 11.3. The first-order valence-corrected chi connectivity index (χ1v) is 8.55. The molecule has 0 radical (unpaired) electrons. The number of carbonyl (C=O) groups excluding carboxylic acids is 2. The third-order valence-electron chi connectivity index (χ3n) is 2.94. The summed E-state index contributed by atoms with van der Waals surface area (Å²) >= 11 is 3.38. The molecular formula is C17H24BrN3O3. The highest BCUT2D eigenvalue weighted by Gasteiger charge is 2.07. The van der Waals surface area contributed by atoms with Crippen LogP contribution in [0.1, 0.15) is 32.8 Å². The summed E-state index contributed by atoms with van der Waals surface area (Å²) < 4.78 is 6.21. The Morgan fingerprint density at radius 3 is 2.62 bits per heavy atom. The van der Waals surface area contributed by atoms with E-state index in [1.165, 1.54) is 0 Å². The number of benzene rings is 1. The maximum Gasteiger partial charge on any atom is 0.277 e. The molecule has 1 rings (SSSR count). The van der Waals surface area contributed by atoms with Gasteiger partial charge in [0.05, 0.1) is 10.9 Å². The van der Waals surface area contributed by atoms with E-state index in [2.05, 4.69) is 31.8 Å². The van der Waals surface area contributed by atoms with E-state index in [-0.39, 0.29) is 24.8 Å². The summed E-state index contributed by atoms with van der Waals surface area (Å²) in [5, 5.41) is 6.70. The minimum atomic E-state index is -0.385. The van der Waals surface area contributed by atoms with Gasteiger partial charge in [-0.2, -0.15) is 5.10 Å². The van der Waals surface area contributed by atoms with Crippen LogP contribution in [0, 0.1) is 12.8 Å². The van der Waals surface area contributed by atoms with Gasteiger partial charge in [0, 0.05) is 12.3 Å². The molecule has 0 bridgehead atoms. The number of hydrazone groups is 1. The van der Waals surface area contributed by atoms with Crippen molar-refractivity contribution < 1.29 is 14.3 Å². The van der Waals surface area contributed by atoms with Crippen molar-refractivity contribution in [2.24, 2.45) is 11.0 Å². The topological polar surface area (TPSA) is 79.8 Å². The Hall–Kier alpha value is -1.89. The molecule has 0 heterocycles. The fraction of sp³-hybridized carbons (Fsp3) is 0.471. The lowest BCUT2D eigenvalue weighted by Gasteiger charge is -2.09. The maximum atomic E-state index is 11.7. The fourth-order valence-electron chi connectivity index (χ4n) is 1.71. The van der Waals surface area contributed by atoms with Gasteiger partial charge in [-0.1, -0.05) is 19.9 Å². The standard InChI is InChI=1S/C17H24BrN3O3/c1-11(2)9-19-16(22)8-13(4)20-21-17(23)10-24-15-6-5-12(3)7-14(15)18/h5-7,11H,8-10H2,1-4H3,(H,19,22)(H,21,23)/b20-13-. The fourth-order valence-corrected chi connectivity index (χ4v) is 2.32. The first-order chi connectivity index (χ1) is 11.3. The van der Waals surface area contributed by atoms with Crippen LogP contribution in [-0.2, 0) is 9.59 Å². The summed E-state index contributed by atoms with van der Waals surface area (Å²) in [7, 11) is 0. The summed E-state index contributed by atoms with van der Waals surface area (Å²) in [6.07, 6.45) is 0.150. The zero-order valence-corrected chi connectivity index (χ0v) is 16.1. The molecule has 7 heteroatoms. The number of halogens is 1. The molecule has 0 aliphatic heterocycles. The molecule has 6 nitrogen and oxygen atoms in total. The first-order valence-electron chi connectivity index (χ1n) is 7.75. The van der Waals surface area contributed by atoms with E-state index in [0.717, 1.165) is 10.0 Å². The van der Waals surface area contributed by atoms with Gasteiger partial charge in [0.25, 0.3) is 5.91 Å². The summed E-state index contributed by atoms with van der Waals surface area (Å²) in [5.74, 6) is 0.483. The third-order valence-corrected chi connectivity index (χ3v) is 3.56. The summed E-state index contributed by atoms with van der Waals surface area (Å²) in [4.78, 5) is 23.4. The van der Waals surface area contributed by atoms with Crippen molar-refractivity contribution in [3.8, 4) is 5.75 Å². The maximum absolute atomic E-state index is 11.7. The Morgan fingerprint density at radius 1 is 1.29 bits per heavy atom. The minimum absolute atomic E-state index is 0.112. The van der Waals surface area contributed by atoms with Gasteiger partial charge >= 0.3 is 0 Å². The number of aryl methyl sites for hydroxylation is 1. The van der Waals surface area contributed by atoms with Crippen LogP contribution >= 0.6 is 15.9 Å². The molecule has 1 aromatic rings. The predicted octanol–water partition coefficient (Wildman–Crippen LogP) is 2.79. The Balaban J connectivity index is 2.37. The van der Waals surface area contributed by atoms with Crippen molar-refractivity contribution in [3.63, 3.8) is 0 Å². The lowest BCUT2D eigenvalue weighted by molar-refractivity contribution is -0.123. The van der Waals surface area contributed by atoms with Crippen LogP contribution in [0.5, 0.6) is 5.75 Å². The van der Waals surface area contributed by atoms with Gasteiger partial charge in [0.15, 0.2) is 6.61 Å². The molecule has 0 aliphatic carbocycles. The van der Waals surface area contributed by atoms with Crippen LogP contribution in [0.2, 0.25) is 0 Å².